The second-order valence-corrected chi connectivity index (χ2v) is 4.91. The average molecular weight is 425 g/mol. The topological polar surface area (TPSA) is 75.6 Å². The molecule has 0 radical (unpaired) electrons. The van der Waals surface area contributed by atoms with Gasteiger partial charge < -0.3 is 10.6 Å². The van der Waals surface area contributed by atoms with Gasteiger partial charge in [0.25, 0.3) is 0 Å². The van der Waals surface area contributed by atoms with Crippen LogP contribution in [-0.2, 0) is 0 Å². The van der Waals surface area contributed by atoms with Crippen LogP contribution in [0.1, 0.15) is 27.4 Å². The number of nitrogens with zero attached hydrogens (tertiary/aromatic N) is 4. The number of halogens is 7. The second-order valence-electron chi connectivity index (χ2n) is 4.55. The molecule has 0 aliphatic carbocycles. The van der Waals surface area contributed by atoms with Crippen molar-refractivity contribution in [3.63, 3.8) is 0 Å². The molecule has 2 aromatic rings. The number of pyridine rings is 1. The Morgan fingerprint density at radius 3 is 2.22 bits per heavy atom. The average Bonchev–Trinajstić information content (AvgIpc) is 2.69. The summed E-state index contributed by atoms with van der Waals surface area (Å²) in [7, 11) is 0. The molecule has 0 aromatic carbocycles. The first-order valence-electron chi connectivity index (χ1n) is 11.5. The number of nitrogens with one attached hydrogen (secondary N) is 2. The lowest BCUT2D eigenvalue weighted by molar-refractivity contribution is -0.139. The molecule has 2 atom stereocenters. The van der Waals surface area contributed by atoms with Gasteiger partial charge in [-0.3, -0.25) is 0 Å². The summed E-state index contributed by atoms with van der Waals surface area (Å²) in [4.78, 5) is 13.4. The molecule has 148 valence electrons. The number of rotatable bonds is 5. The van der Waals surface area contributed by atoms with E-state index in [0.717, 1.165) is 5.32 Å². The lowest BCUT2D eigenvalue weighted by Gasteiger charge is -2.20. The zero-order chi connectivity index (χ0) is 28.9. The summed E-state index contributed by atoms with van der Waals surface area (Å²) < 4.78 is 154. The van der Waals surface area contributed by atoms with Gasteiger partial charge in [0.05, 0.1) is 5.48 Å². The Morgan fingerprint density at radius 2 is 1.67 bits per heavy atom. The number of alkyl halides is 6. The predicted molar refractivity (Wildman–Crippen MR) is 86.3 cm³/mol. The van der Waals surface area contributed by atoms with Crippen molar-refractivity contribution in [2.24, 2.45) is 0 Å². The van der Waals surface area contributed by atoms with Crippen molar-refractivity contribution in [1.82, 2.24) is 19.9 Å². The molecular formula is C14H13ClF6N6. The minimum Gasteiger partial charge on any atom is -0.343 e. The monoisotopic (exact) mass is 424 g/mol. The van der Waals surface area contributed by atoms with Gasteiger partial charge in [0.2, 0.25) is 11.9 Å². The summed E-state index contributed by atoms with van der Waals surface area (Å²) in [6.45, 7) is -7.95. The van der Waals surface area contributed by atoms with E-state index in [4.69, 9.17) is 25.3 Å². The van der Waals surface area contributed by atoms with Gasteiger partial charge in [-0.15, -0.1) is 0 Å². The lowest BCUT2D eigenvalue weighted by atomic mass is 10.3. The Balaban J connectivity index is 2.83. The normalized spacial score (nSPS) is 22.0. The van der Waals surface area contributed by atoms with Crippen molar-refractivity contribution in [2.75, 3.05) is 10.6 Å². The van der Waals surface area contributed by atoms with Crippen LogP contribution in [0.3, 0.4) is 0 Å². The van der Waals surface area contributed by atoms with Gasteiger partial charge in [0, 0.05) is 8.22 Å². The number of hydrogen-bond donors (Lipinski definition) is 2. The molecule has 0 bridgehead atoms. The minimum absolute atomic E-state index is 0.747. The number of hydrogen-bond acceptors (Lipinski definition) is 6. The Hall–Kier alpha value is -2.37. The molecule has 0 fully saturated rings. The van der Waals surface area contributed by atoms with Crippen LogP contribution in [0, 0.1) is 0 Å². The highest BCUT2D eigenvalue weighted by Crippen LogP contribution is 2.26. The van der Waals surface area contributed by atoms with Gasteiger partial charge in [0.1, 0.15) is 22.9 Å². The molecule has 13 heteroatoms. The maximum atomic E-state index is 13.5. The van der Waals surface area contributed by atoms with Crippen molar-refractivity contribution >= 4 is 23.5 Å². The van der Waals surface area contributed by atoms with E-state index < -0.39 is 84.8 Å². The highest BCUT2D eigenvalue weighted by Gasteiger charge is 2.38. The van der Waals surface area contributed by atoms with Crippen LogP contribution in [0.4, 0.5) is 38.2 Å². The first kappa shape index (κ1) is 10.8. The van der Waals surface area contributed by atoms with Crippen LogP contribution in [-0.4, -0.2) is 44.3 Å². The van der Waals surface area contributed by atoms with Crippen LogP contribution >= 0.6 is 11.6 Å². The zero-order valence-corrected chi connectivity index (χ0v) is 13.3. The highest BCUT2D eigenvalue weighted by atomic mass is 35.5. The van der Waals surface area contributed by atoms with Gasteiger partial charge in [-0.1, -0.05) is 17.6 Å². The highest BCUT2D eigenvalue weighted by molar-refractivity contribution is 6.29. The first-order valence-corrected chi connectivity index (χ1v) is 6.86. The van der Waals surface area contributed by atoms with Crippen molar-refractivity contribution in [3.05, 3.63) is 23.3 Å². The van der Waals surface area contributed by atoms with E-state index in [9.17, 15) is 26.3 Å². The summed E-state index contributed by atoms with van der Waals surface area (Å²) in [6.07, 6.45) is -11.3. The molecular weight excluding hydrogens is 402 g/mol. The minimum atomic E-state index is -5.84. The maximum absolute atomic E-state index is 13.5. The fourth-order valence-corrected chi connectivity index (χ4v) is 1.53. The standard InChI is InChI=1S/C14H13ClF6N6/c1-6(13(16,17)18)22-11-25-10(8-4-3-5-9(15)24-8)26-12(27-11)23-7(2)14(19,20)21/h3-7H,1-2H3,(H2,22,23,25,26,27)/i1D3,2D3,3D,4D,5D,6D. The summed E-state index contributed by atoms with van der Waals surface area (Å²) >= 11 is 5.67. The molecule has 0 saturated carbocycles. The van der Waals surface area contributed by atoms with E-state index in [1.54, 1.807) is 0 Å². The summed E-state index contributed by atoms with van der Waals surface area (Å²) in [5.41, 5.74) is -0.867. The second kappa shape index (κ2) is 7.71. The predicted octanol–water partition coefficient (Wildman–Crippen LogP) is 4.31. The third-order valence-electron chi connectivity index (χ3n) is 2.52. The third kappa shape index (κ3) is 5.81. The van der Waals surface area contributed by atoms with E-state index in [1.807, 2.05) is 0 Å². The SMILES string of the molecule is [2H]c1c(Cl)nc(-c2nc(NC(C([2H])([2H])[2H])C(F)(F)F)nc(NC([2H])(C([2H])([2H])[2H])C(F)(F)F)n2)c([2H])c1[2H]. The fraction of sp³-hybridized carbons (Fsp3) is 0.429. The molecule has 0 aliphatic rings. The van der Waals surface area contributed by atoms with Gasteiger partial charge >= 0.3 is 12.4 Å². The molecule has 2 rings (SSSR count). The molecule has 6 nitrogen and oxygen atoms in total. The molecule has 2 unspecified atom stereocenters. The van der Waals surface area contributed by atoms with Crippen molar-refractivity contribution in [3.8, 4) is 11.5 Å². The van der Waals surface area contributed by atoms with Crippen LogP contribution in [0.25, 0.3) is 11.5 Å². The van der Waals surface area contributed by atoms with Gasteiger partial charge in [-0.2, -0.15) is 41.3 Å². The van der Waals surface area contributed by atoms with Crippen LogP contribution < -0.4 is 10.6 Å². The fourth-order valence-electron chi connectivity index (χ4n) is 1.40. The molecule has 2 heterocycles. The molecule has 2 N–H and O–H groups in total. The Kier molecular flexibility index (Phi) is 3.09. The van der Waals surface area contributed by atoms with Gasteiger partial charge in [-0.25, -0.2) is 4.98 Å². The van der Waals surface area contributed by atoms with E-state index in [-0.39, 0.29) is 0 Å². The van der Waals surface area contributed by atoms with E-state index in [0.29, 0.717) is 0 Å². The molecule has 2 aromatic heterocycles. The van der Waals surface area contributed by atoms with E-state index >= 15 is 0 Å². The molecule has 0 saturated heterocycles. The smallest absolute Gasteiger partial charge is 0.343 e. The van der Waals surface area contributed by atoms with Crippen molar-refractivity contribution < 1.29 is 40.1 Å². The lowest BCUT2D eigenvalue weighted by Crippen LogP contribution is -2.35. The summed E-state index contributed by atoms with van der Waals surface area (Å²) in [6, 6.07) is -10.6. The van der Waals surface area contributed by atoms with Crippen molar-refractivity contribution in [2.45, 2.75) is 38.1 Å². The largest absolute Gasteiger partial charge is 0.408 e. The Bertz CT molecular complexity index is 1140. The third-order valence-corrected chi connectivity index (χ3v) is 2.70. The summed E-state index contributed by atoms with van der Waals surface area (Å²) in [5.74, 6) is -3.93. The molecule has 27 heavy (non-hydrogen) atoms. The van der Waals surface area contributed by atoms with Gasteiger partial charge in [-0.05, 0) is 25.8 Å². The first-order chi connectivity index (χ1) is 16.4. The van der Waals surface area contributed by atoms with Crippen LogP contribution in [0.2, 0.25) is 5.15 Å². The molecule has 0 aliphatic heterocycles. The van der Waals surface area contributed by atoms with E-state index in [2.05, 4.69) is 19.9 Å². The maximum Gasteiger partial charge on any atom is 0.408 e. The quantitative estimate of drug-likeness (QED) is 0.550. The van der Waals surface area contributed by atoms with Crippen LogP contribution in [0.5, 0.6) is 0 Å². The number of aromatic nitrogens is 4. The Morgan fingerprint density at radius 1 is 1.00 bits per heavy atom. The molecule has 0 spiro atoms. The van der Waals surface area contributed by atoms with Crippen molar-refractivity contribution in [1.29, 1.82) is 0 Å². The Labute approximate surface area is 168 Å². The summed E-state index contributed by atoms with van der Waals surface area (Å²) in [5, 5.41) is 1.75. The molecule has 0 amide bonds. The van der Waals surface area contributed by atoms with Gasteiger partial charge in [0.15, 0.2) is 5.82 Å². The zero-order valence-electron chi connectivity index (χ0n) is 22.5. The van der Waals surface area contributed by atoms with E-state index in [1.165, 1.54) is 5.32 Å². The van der Waals surface area contributed by atoms with Crippen LogP contribution in [0.15, 0.2) is 18.1 Å². The number of anilines is 2.